The van der Waals surface area contributed by atoms with Crippen molar-refractivity contribution in [3.63, 3.8) is 0 Å². The van der Waals surface area contributed by atoms with Crippen molar-refractivity contribution in [2.24, 2.45) is 0 Å². The van der Waals surface area contributed by atoms with Crippen LogP contribution in [0.1, 0.15) is 0 Å². The SMILES string of the molecule is BC(B)=C(B)C(=O)OC. The first kappa shape index (κ1) is 8.40. The standard InChI is InChI=1S/C4H9B3O2/c1-9-4(8)2(5)3(6)7/h5-7H2,1H3. The van der Waals surface area contributed by atoms with Crippen molar-refractivity contribution in [1.82, 2.24) is 0 Å². The lowest BCUT2D eigenvalue weighted by atomic mass is 9.69. The third-order valence-corrected chi connectivity index (χ3v) is 1.24. The summed E-state index contributed by atoms with van der Waals surface area (Å²) in [6.07, 6.45) is 0. The van der Waals surface area contributed by atoms with Crippen molar-refractivity contribution < 1.29 is 9.53 Å². The van der Waals surface area contributed by atoms with Crippen LogP contribution in [-0.4, -0.2) is 36.6 Å². The van der Waals surface area contributed by atoms with E-state index in [0.717, 1.165) is 5.37 Å². The molecule has 2 nitrogen and oxygen atoms in total. The highest BCUT2D eigenvalue weighted by Crippen LogP contribution is 1.92. The van der Waals surface area contributed by atoms with Gasteiger partial charge in [0.05, 0.1) is 7.11 Å². The van der Waals surface area contributed by atoms with E-state index in [1.165, 1.54) is 7.11 Å². The summed E-state index contributed by atoms with van der Waals surface area (Å²) >= 11 is 0. The first-order valence-corrected chi connectivity index (χ1v) is 2.82. The number of carbonyl (C=O) groups excluding carboxylic acids is 1. The van der Waals surface area contributed by atoms with E-state index in [-0.39, 0.29) is 5.97 Å². The molecule has 0 N–H and O–H groups in total. The number of ether oxygens (including phenoxy) is 1. The van der Waals surface area contributed by atoms with E-state index in [1.54, 1.807) is 7.85 Å². The fourth-order valence-electron chi connectivity index (χ4n) is 0.357. The van der Waals surface area contributed by atoms with Crippen molar-refractivity contribution in [2.45, 2.75) is 0 Å². The van der Waals surface area contributed by atoms with Crippen LogP contribution in [0, 0.1) is 0 Å². The second-order valence-corrected chi connectivity index (χ2v) is 2.12. The van der Waals surface area contributed by atoms with E-state index < -0.39 is 0 Å². The average molecular weight is 122 g/mol. The summed E-state index contributed by atoms with van der Waals surface area (Å²) < 4.78 is 4.48. The highest BCUT2D eigenvalue weighted by atomic mass is 16.5. The van der Waals surface area contributed by atoms with Gasteiger partial charge in [0, 0.05) is 0 Å². The van der Waals surface area contributed by atoms with Crippen LogP contribution in [0.25, 0.3) is 0 Å². The van der Waals surface area contributed by atoms with Crippen LogP contribution in [0.4, 0.5) is 0 Å². The van der Waals surface area contributed by atoms with Crippen LogP contribution >= 0.6 is 0 Å². The van der Waals surface area contributed by atoms with Gasteiger partial charge in [-0.1, -0.05) is 0 Å². The first-order chi connectivity index (χ1) is 4.09. The highest BCUT2D eigenvalue weighted by molar-refractivity contribution is 6.55. The quantitative estimate of drug-likeness (QED) is 0.213. The van der Waals surface area contributed by atoms with Crippen molar-refractivity contribution in [3.8, 4) is 0 Å². The van der Waals surface area contributed by atoms with Crippen LogP contribution in [0.5, 0.6) is 0 Å². The molecule has 0 radical (unpaired) electrons. The Labute approximate surface area is 57.9 Å². The normalized spacial score (nSPS) is 8.11. The Morgan fingerprint density at radius 2 is 1.78 bits per heavy atom. The predicted octanol–water partition coefficient (Wildman–Crippen LogP) is -2.77. The summed E-state index contributed by atoms with van der Waals surface area (Å²) in [4.78, 5) is 10.7. The molecule has 0 heterocycles. The van der Waals surface area contributed by atoms with Crippen molar-refractivity contribution in [3.05, 3.63) is 10.8 Å². The molecule has 0 atom stereocenters. The minimum atomic E-state index is -0.241. The maximum Gasteiger partial charge on any atom is 0.322 e. The van der Waals surface area contributed by atoms with Crippen LogP contribution in [0.15, 0.2) is 10.8 Å². The molecule has 46 valence electrons. The Hall–Kier alpha value is -0.595. The van der Waals surface area contributed by atoms with Gasteiger partial charge in [0.15, 0.2) is 0 Å². The summed E-state index contributed by atoms with van der Waals surface area (Å²) in [7, 11) is 6.90. The summed E-state index contributed by atoms with van der Waals surface area (Å²) in [5.74, 6) is -0.241. The zero-order chi connectivity index (χ0) is 7.44. The van der Waals surface area contributed by atoms with Gasteiger partial charge in [-0.3, -0.25) is 0 Å². The number of rotatable bonds is 1. The molecule has 0 bridgehead atoms. The van der Waals surface area contributed by atoms with E-state index in [4.69, 9.17) is 0 Å². The molecule has 0 fully saturated rings. The van der Waals surface area contributed by atoms with Gasteiger partial charge in [-0.15, -0.1) is 5.37 Å². The Kier molecular flexibility index (Phi) is 3.21. The number of methoxy groups -OCH3 is 1. The molecule has 0 saturated carbocycles. The molecule has 0 spiro atoms. The second kappa shape index (κ2) is 3.43. The molecule has 0 aromatic heterocycles. The number of hydrogen-bond donors (Lipinski definition) is 0. The zero-order valence-corrected chi connectivity index (χ0v) is 6.32. The number of hydrogen-bond acceptors (Lipinski definition) is 2. The molecule has 0 aliphatic carbocycles. The first-order valence-electron chi connectivity index (χ1n) is 2.82. The topological polar surface area (TPSA) is 26.3 Å². The summed E-state index contributed by atoms with van der Waals surface area (Å²) in [5.41, 5.74) is 0.692. The number of carbonyl (C=O) groups is 1. The molecule has 9 heavy (non-hydrogen) atoms. The van der Waals surface area contributed by atoms with E-state index in [0.29, 0.717) is 5.47 Å². The lowest BCUT2D eigenvalue weighted by Gasteiger charge is -1.99. The molecular formula is C4H9B3O2. The Bertz CT molecular complexity index is 148. The molecule has 0 aromatic rings. The zero-order valence-electron chi connectivity index (χ0n) is 6.32. The molecule has 0 aromatic carbocycles. The van der Waals surface area contributed by atoms with Gasteiger partial charge in [-0.05, 0) is 5.47 Å². The van der Waals surface area contributed by atoms with Gasteiger partial charge in [-0.25, -0.2) is 4.79 Å². The van der Waals surface area contributed by atoms with E-state index >= 15 is 0 Å². The minimum absolute atomic E-state index is 0.241. The molecule has 0 rings (SSSR count). The van der Waals surface area contributed by atoms with Gasteiger partial charge in [0.2, 0.25) is 0 Å². The highest BCUT2D eigenvalue weighted by Gasteiger charge is 2.02. The Morgan fingerprint density at radius 3 is 1.89 bits per heavy atom. The van der Waals surface area contributed by atoms with Crippen LogP contribution in [0.2, 0.25) is 0 Å². The second-order valence-electron chi connectivity index (χ2n) is 2.12. The lowest BCUT2D eigenvalue weighted by Crippen LogP contribution is -2.07. The van der Waals surface area contributed by atoms with E-state index in [9.17, 15) is 4.79 Å². The fourth-order valence-corrected chi connectivity index (χ4v) is 0.357. The molecule has 0 amide bonds. The van der Waals surface area contributed by atoms with Gasteiger partial charge in [-0.2, -0.15) is 0 Å². The maximum absolute atomic E-state index is 10.7. The summed E-state index contributed by atoms with van der Waals surface area (Å²) in [6.45, 7) is 0. The van der Waals surface area contributed by atoms with Gasteiger partial charge in [0.1, 0.15) is 23.5 Å². The monoisotopic (exact) mass is 122 g/mol. The van der Waals surface area contributed by atoms with Crippen LogP contribution in [-0.2, 0) is 9.53 Å². The van der Waals surface area contributed by atoms with Crippen molar-refractivity contribution in [2.75, 3.05) is 7.11 Å². The van der Waals surface area contributed by atoms with E-state index in [1.807, 2.05) is 15.7 Å². The molecular weight excluding hydrogens is 112 g/mol. The molecule has 0 saturated heterocycles. The van der Waals surface area contributed by atoms with E-state index in [2.05, 4.69) is 4.74 Å². The van der Waals surface area contributed by atoms with Crippen molar-refractivity contribution in [1.29, 1.82) is 0 Å². The maximum atomic E-state index is 10.7. The largest absolute Gasteiger partial charge is 0.466 e. The van der Waals surface area contributed by atoms with Gasteiger partial charge >= 0.3 is 5.97 Å². The smallest absolute Gasteiger partial charge is 0.322 e. The average Bonchev–Trinajstić information content (AvgIpc) is 1.84. The summed E-state index contributed by atoms with van der Waals surface area (Å²) in [5, 5.41) is 1.00. The molecule has 0 aliphatic rings. The minimum Gasteiger partial charge on any atom is -0.466 e. The third-order valence-electron chi connectivity index (χ3n) is 1.24. The van der Waals surface area contributed by atoms with Crippen LogP contribution < -0.4 is 0 Å². The lowest BCUT2D eigenvalue weighted by molar-refractivity contribution is -0.135. The van der Waals surface area contributed by atoms with Gasteiger partial charge in [0.25, 0.3) is 0 Å². The molecule has 5 heteroatoms. The Balaban J connectivity index is 4.21. The molecule has 0 aliphatic heterocycles. The third kappa shape index (κ3) is 2.45. The van der Waals surface area contributed by atoms with Crippen molar-refractivity contribution >= 4 is 29.5 Å². The predicted molar refractivity (Wildman–Crippen MR) is 44.7 cm³/mol. The van der Waals surface area contributed by atoms with Gasteiger partial charge < -0.3 is 4.74 Å². The van der Waals surface area contributed by atoms with Crippen LogP contribution in [0.3, 0.4) is 0 Å². The molecule has 0 unspecified atom stereocenters. The Morgan fingerprint density at radius 1 is 1.33 bits per heavy atom. The fraction of sp³-hybridized carbons (Fsp3) is 0.250. The summed E-state index contributed by atoms with van der Waals surface area (Å²) in [6, 6.07) is 0. The number of esters is 1.